The summed E-state index contributed by atoms with van der Waals surface area (Å²) in [6, 6.07) is 9.99. The summed E-state index contributed by atoms with van der Waals surface area (Å²) in [5, 5.41) is 12.6. The van der Waals surface area contributed by atoms with Crippen molar-refractivity contribution in [2.24, 2.45) is 5.41 Å². The van der Waals surface area contributed by atoms with Crippen LogP contribution in [0.5, 0.6) is 5.88 Å². The lowest BCUT2D eigenvalue weighted by molar-refractivity contribution is -0.198. The van der Waals surface area contributed by atoms with Crippen LogP contribution < -0.4 is 20.7 Å². The third kappa shape index (κ3) is 6.81. The molecule has 2 aliphatic heterocycles. The highest BCUT2D eigenvalue weighted by Crippen LogP contribution is 2.43. The van der Waals surface area contributed by atoms with Crippen molar-refractivity contribution < 1.29 is 36.2 Å². The summed E-state index contributed by atoms with van der Waals surface area (Å²) in [5.41, 5.74) is 5.86. The monoisotopic (exact) mass is 639 g/mol. The van der Waals surface area contributed by atoms with Crippen molar-refractivity contribution in [1.29, 1.82) is 0 Å². The van der Waals surface area contributed by atoms with Crippen LogP contribution in [0.15, 0.2) is 53.4 Å². The number of halogens is 4. The molecule has 2 fully saturated rings. The molecule has 0 aliphatic carbocycles. The summed E-state index contributed by atoms with van der Waals surface area (Å²) >= 11 is 6.15. The Kier molecular flexibility index (Phi) is 8.22. The third-order valence-electron chi connectivity index (χ3n) is 7.94. The Morgan fingerprint density at radius 2 is 1.84 bits per heavy atom. The van der Waals surface area contributed by atoms with E-state index in [2.05, 4.69) is 15.3 Å². The average Bonchev–Trinajstić information content (AvgIpc) is 3.35. The second-order valence-electron chi connectivity index (χ2n) is 11.0. The van der Waals surface area contributed by atoms with Crippen molar-refractivity contribution in [3.05, 3.63) is 59.1 Å². The number of rotatable bonds is 7. The van der Waals surface area contributed by atoms with Crippen molar-refractivity contribution in [1.82, 2.24) is 15.3 Å². The molecule has 0 saturated carbocycles. The van der Waals surface area contributed by atoms with E-state index in [9.17, 15) is 31.5 Å². The number of aliphatic carboxylic acids is 1. The molecule has 0 bridgehead atoms. The molecule has 10 nitrogen and oxygen atoms in total. The molecule has 2 saturated heterocycles. The molecule has 230 valence electrons. The largest absolute Gasteiger partial charge is 0.480 e. The summed E-state index contributed by atoms with van der Waals surface area (Å²) in [6.07, 6.45) is -4.49. The van der Waals surface area contributed by atoms with Crippen molar-refractivity contribution in [2.75, 3.05) is 36.5 Å². The number of nitrogens with zero attached hydrogens (tertiary/aromatic N) is 3. The molecule has 2 aromatic carbocycles. The van der Waals surface area contributed by atoms with Gasteiger partial charge >= 0.3 is 12.1 Å². The molecular formula is C28H29ClF3N5O5S. The maximum Gasteiger partial charge on any atom is 0.429 e. The molecule has 5 rings (SSSR count). The Balaban J connectivity index is 1.42. The van der Waals surface area contributed by atoms with Gasteiger partial charge in [0.15, 0.2) is 9.84 Å². The van der Waals surface area contributed by atoms with Crippen LogP contribution in [0.2, 0.25) is 5.02 Å². The Labute approximate surface area is 250 Å². The maximum atomic E-state index is 14.6. The quantitative estimate of drug-likeness (QED) is 0.338. The van der Waals surface area contributed by atoms with Gasteiger partial charge in [-0.1, -0.05) is 29.8 Å². The molecule has 1 unspecified atom stereocenters. The predicted molar refractivity (Wildman–Crippen MR) is 154 cm³/mol. The van der Waals surface area contributed by atoms with E-state index in [0.717, 1.165) is 6.26 Å². The van der Waals surface area contributed by atoms with E-state index in [1.807, 2.05) is 4.90 Å². The second kappa shape index (κ2) is 11.5. The van der Waals surface area contributed by atoms with Crippen molar-refractivity contribution >= 4 is 39.2 Å². The van der Waals surface area contributed by atoms with Gasteiger partial charge in [0.1, 0.15) is 11.9 Å². The van der Waals surface area contributed by atoms with Gasteiger partial charge in [-0.05, 0) is 60.1 Å². The van der Waals surface area contributed by atoms with Crippen molar-refractivity contribution in [3.8, 4) is 17.0 Å². The van der Waals surface area contributed by atoms with Gasteiger partial charge in [-0.15, -0.1) is 0 Å². The zero-order valence-electron chi connectivity index (χ0n) is 22.9. The van der Waals surface area contributed by atoms with Crippen LogP contribution in [-0.2, 0) is 14.6 Å². The van der Waals surface area contributed by atoms with Gasteiger partial charge in [-0.3, -0.25) is 4.79 Å². The van der Waals surface area contributed by atoms with Crippen LogP contribution in [0.3, 0.4) is 0 Å². The number of carboxylic acids is 1. The highest BCUT2D eigenvalue weighted by atomic mass is 35.5. The SMILES string of the molecule is CS(=O)(=O)c1ccc(-c2cc(Cl)ccc2[C@@H](Oc2cc(N3CCC4(CC3)CNC(C(=O)O)C4)nc(N)n2)C(F)(F)F)cc1. The standard InChI is InChI=1S/C28H29ClF3N5O5S/c1-43(40,41)18-5-2-16(3-6-18)20-12-17(29)4-7-19(20)24(28(30,31)32)42-23-13-22(35-26(33)36-23)37-10-8-27(9-11-37)14-21(25(38)39)34-15-27/h2-7,12-13,21,24,34H,8-11,14-15H2,1H3,(H,38,39)(H2,33,35,36)/t21?,24-/m1/s1. The van der Waals surface area contributed by atoms with Crippen LogP contribution in [0, 0.1) is 5.41 Å². The second-order valence-corrected chi connectivity index (χ2v) is 13.4. The van der Waals surface area contributed by atoms with Gasteiger partial charge in [0.25, 0.3) is 0 Å². The number of sulfone groups is 1. The van der Waals surface area contributed by atoms with Crippen LogP contribution in [0.4, 0.5) is 24.9 Å². The van der Waals surface area contributed by atoms with Gasteiger partial charge in [-0.2, -0.15) is 23.1 Å². The van der Waals surface area contributed by atoms with Gasteiger partial charge in [0, 0.05) is 42.5 Å². The molecule has 1 aromatic heterocycles. The Morgan fingerprint density at radius 3 is 2.42 bits per heavy atom. The van der Waals surface area contributed by atoms with E-state index in [0.29, 0.717) is 50.3 Å². The number of hydrogen-bond acceptors (Lipinski definition) is 9. The highest BCUT2D eigenvalue weighted by molar-refractivity contribution is 7.90. The van der Waals surface area contributed by atoms with Gasteiger partial charge < -0.3 is 25.8 Å². The fraction of sp³-hybridized carbons (Fsp3) is 0.393. The number of nitrogens with two attached hydrogens (primary N) is 1. The predicted octanol–water partition coefficient (Wildman–Crippen LogP) is 4.50. The van der Waals surface area contributed by atoms with Crippen LogP contribution >= 0.6 is 11.6 Å². The Hall–Kier alpha value is -3.62. The zero-order chi connectivity index (χ0) is 31.2. The van der Waals surface area contributed by atoms with Gasteiger partial charge in [0.2, 0.25) is 17.9 Å². The number of carboxylic acid groups (broad SMARTS) is 1. The summed E-state index contributed by atoms with van der Waals surface area (Å²) in [4.78, 5) is 21.4. The first-order chi connectivity index (χ1) is 20.1. The Morgan fingerprint density at radius 1 is 1.16 bits per heavy atom. The topological polar surface area (TPSA) is 148 Å². The summed E-state index contributed by atoms with van der Waals surface area (Å²) < 4.78 is 72.9. The number of hydrogen-bond donors (Lipinski definition) is 3. The number of nitrogens with one attached hydrogen (secondary N) is 1. The number of carbonyl (C=O) groups is 1. The lowest BCUT2D eigenvalue weighted by atomic mass is 9.76. The van der Waals surface area contributed by atoms with E-state index >= 15 is 0 Å². The third-order valence-corrected chi connectivity index (χ3v) is 9.30. The lowest BCUT2D eigenvalue weighted by Crippen LogP contribution is -2.41. The average molecular weight is 640 g/mol. The van der Waals surface area contributed by atoms with Crippen LogP contribution in [-0.4, -0.2) is 67.6 Å². The lowest BCUT2D eigenvalue weighted by Gasteiger charge is -2.39. The van der Waals surface area contributed by atoms with E-state index in [4.69, 9.17) is 22.1 Å². The van der Waals surface area contributed by atoms with Crippen LogP contribution in [0.1, 0.15) is 30.9 Å². The molecule has 0 amide bonds. The summed E-state index contributed by atoms with van der Waals surface area (Å²) in [6.45, 7) is 1.57. The number of aromatic nitrogens is 2. The first kappa shape index (κ1) is 30.8. The number of alkyl halides is 3. The summed E-state index contributed by atoms with van der Waals surface area (Å²) in [7, 11) is -3.52. The molecule has 43 heavy (non-hydrogen) atoms. The van der Waals surface area contributed by atoms with E-state index in [1.54, 1.807) is 0 Å². The molecule has 1 spiro atoms. The number of anilines is 2. The molecule has 15 heteroatoms. The number of benzene rings is 2. The van der Waals surface area contributed by atoms with Gasteiger partial charge in [0.05, 0.1) is 4.90 Å². The minimum Gasteiger partial charge on any atom is -0.480 e. The minimum absolute atomic E-state index is 0.0157. The number of ether oxygens (including phenoxy) is 1. The fourth-order valence-corrected chi connectivity index (χ4v) is 6.45. The maximum absolute atomic E-state index is 14.6. The number of nitrogen functional groups attached to an aromatic ring is 1. The summed E-state index contributed by atoms with van der Waals surface area (Å²) in [5.74, 6) is -1.24. The minimum atomic E-state index is -4.89. The molecule has 0 radical (unpaired) electrons. The molecular weight excluding hydrogens is 611 g/mol. The Bertz CT molecular complexity index is 1630. The van der Waals surface area contributed by atoms with Crippen molar-refractivity contribution in [2.45, 2.75) is 42.5 Å². The number of piperidine rings is 1. The smallest absolute Gasteiger partial charge is 0.429 e. The first-order valence-electron chi connectivity index (χ1n) is 13.3. The fourth-order valence-electron chi connectivity index (χ4n) is 5.65. The van der Waals surface area contributed by atoms with E-state index in [1.165, 1.54) is 48.5 Å². The van der Waals surface area contributed by atoms with Crippen molar-refractivity contribution in [3.63, 3.8) is 0 Å². The molecule has 4 N–H and O–H groups in total. The molecule has 3 heterocycles. The molecule has 2 aliphatic rings. The van der Waals surface area contributed by atoms with E-state index < -0.39 is 34.1 Å². The van der Waals surface area contributed by atoms with E-state index in [-0.39, 0.29) is 38.3 Å². The first-order valence-corrected chi connectivity index (χ1v) is 15.6. The zero-order valence-corrected chi connectivity index (χ0v) is 24.5. The normalized spacial score (nSPS) is 19.4. The van der Waals surface area contributed by atoms with Crippen LogP contribution in [0.25, 0.3) is 11.1 Å². The van der Waals surface area contributed by atoms with Gasteiger partial charge in [-0.25, -0.2) is 8.42 Å². The molecule has 3 aromatic rings. The molecule has 2 atom stereocenters. The highest BCUT2D eigenvalue weighted by Gasteiger charge is 2.46.